The SMILES string of the molecule is Cc1ccc(COCC(F)(F)F)c(N2C(=O)CS/C2=N\C(=O)Nc2ccc(-c3cn(-c4ccc(OC(F)(F)F)cc4)nn3)cc2)c1. The molecule has 0 atom stereocenters. The lowest BCUT2D eigenvalue weighted by atomic mass is 10.1. The molecular formula is C29H22F6N6O4S. The first kappa shape index (κ1) is 32.5. The minimum Gasteiger partial charge on any atom is -0.406 e. The number of nitrogens with zero attached hydrogens (tertiary/aromatic N) is 5. The van der Waals surface area contributed by atoms with Gasteiger partial charge in [-0.25, -0.2) is 9.48 Å². The van der Waals surface area contributed by atoms with Crippen LogP contribution in [0.3, 0.4) is 0 Å². The van der Waals surface area contributed by atoms with E-state index in [1.807, 2.05) is 0 Å². The van der Waals surface area contributed by atoms with Crippen molar-refractivity contribution in [3.8, 4) is 22.7 Å². The molecule has 0 saturated carbocycles. The summed E-state index contributed by atoms with van der Waals surface area (Å²) in [7, 11) is 0. The fraction of sp³-hybridized carbons (Fsp3) is 0.207. The molecule has 3 aromatic carbocycles. The summed E-state index contributed by atoms with van der Waals surface area (Å²) in [6.07, 6.45) is -7.75. The average Bonchev–Trinajstić information content (AvgIpc) is 3.60. The third kappa shape index (κ3) is 8.42. The van der Waals surface area contributed by atoms with Gasteiger partial charge in [-0.1, -0.05) is 41.2 Å². The van der Waals surface area contributed by atoms with Crippen LogP contribution in [0, 0.1) is 6.92 Å². The van der Waals surface area contributed by atoms with E-state index in [9.17, 15) is 35.9 Å². The summed E-state index contributed by atoms with van der Waals surface area (Å²) in [5.74, 6) is -0.800. The van der Waals surface area contributed by atoms with E-state index in [0.717, 1.165) is 29.5 Å². The number of halogens is 6. The van der Waals surface area contributed by atoms with Crippen LogP contribution in [0.4, 0.5) is 42.5 Å². The van der Waals surface area contributed by atoms with Crippen molar-refractivity contribution < 1.29 is 45.4 Å². The number of thioether (sulfide) groups is 1. The number of urea groups is 1. The van der Waals surface area contributed by atoms with Gasteiger partial charge >= 0.3 is 18.6 Å². The third-order valence-corrected chi connectivity index (χ3v) is 7.15. The highest BCUT2D eigenvalue weighted by Crippen LogP contribution is 2.32. The summed E-state index contributed by atoms with van der Waals surface area (Å²) in [4.78, 5) is 30.8. The zero-order chi connectivity index (χ0) is 33.1. The first-order valence-electron chi connectivity index (χ1n) is 13.2. The molecule has 240 valence electrons. The van der Waals surface area contributed by atoms with E-state index in [0.29, 0.717) is 28.2 Å². The van der Waals surface area contributed by atoms with Crippen LogP contribution in [0.1, 0.15) is 11.1 Å². The van der Waals surface area contributed by atoms with Crippen LogP contribution < -0.4 is 15.0 Å². The van der Waals surface area contributed by atoms with Crippen molar-refractivity contribution in [2.45, 2.75) is 26.1 Å². The summed E-state index contributed by atoms with van der Waals surface area (Å²) < 4.78 is 85.0. The molecule has 1 fully saturated rings. The highest BCUT2D eigenvalue weighted by atomic mass is 32.2. The molecule has 4 aromatic rings. The molecule has 1 aliphatic rings. The number of aryl methyl sites for hydroxylation is 1. The second-order valence-corrected chi connectivity index (χ2v) is 10.7. The number of ether oxygens (including phenoxy) is 2. The summed E-state index contributed by atoms with van der Waals surface area (Å²) in [5.41, 5.74) is 3.19. The van der Waals surface area contributed by atoms with Gasteiger partial charge in [0.1, 0.15) is 18.1 Å². The molecule has 0 spiro atoms. The van der Waals surface area contributed by atoms with Crippen LogP contribution in [0.15, 0.2) is 77.9 Å². The van der Waals surface area contributed by atoms with E-state index in [-0.39, 0.29) is 22.4 Å². The number of amides is 3. The number of hydrogen-bond acceptors (Lipinski definition) is 7. The van der Waals surface area contributed by atoms with Gasteiger partial charge in [-0.2, -0.15) is 18.2 Å². The van der Waals surface area contributed by atoms with Crippen molar-refractivity contribution in [2.75, 3.05) is 22.6 Å². The highest BCUT2D eigenvalue weighted by molar-refractivity contribution is 8.15. The van der Waals surface area contributed by atoms with Crippen molar-refractivity contribution in [2.24, 2.45) is 4.99 Å². The Labute approximate surface area is 261 Å². The van der Waals surface area contributed by atoms with Crippen LogP contribution in [0.2, 0.25) is 0 Å². The minimum absolute atomic E-state index is 0.0240. The summed E-state index contributed by atoms with van der Waals surface area (Å²) in [5, 5.41) is 10.7. The zero-order valence-corrected chi connectivity index (χ0v) is 24.4. The second kappa shape index (κ2) is 13.2. The molecule has 5 rings (SSSR count). The van der Waals surface area contributed by atoms with Crippen molar-refractivity contribution >= 4 is 40.2 Å². The molecule has 0 unspecified atom stereocenters. The third-order valence-electron chi connectivity index (χ3n) is 6.23. The van der Waals surface area contributed by atoms with Crippen LogP contribution >= 0.6 is 11.8 Å². The first-order chi connectivity index (χ1) is 21.7. The molecule has 2 heterocycles. The summed E-state index contributed by atoms with van der Waals surface area (Å²) >= 11 is 1.01. The Bertz CT molecular complexity index is 1760. The number of carbonyl (C=O) groups is 2. The van der Waals surface area contributed by atoms with Gasteiger partial charge in [0.15, 0.2) is 5.17 Å². The number of benzene rings is 3. The molecule has 17 heteroatoms. The van der Waals surface area contributed by atoms with Crippen molar-refractivity contribution in [1.29, 1.82) is 0 Å². The van der Waals surface area contributed by atoms with Gasteiger partial charge in [0.05, 0.1) is 29.9 Å². The number of carbonyl (C=O) groups excluding carboxylic acids is 2. The molecule has 1 aliphatic heterocycles. The molecule has 1 N–H and O–H groups in total. The van der Waals surface area contributed by atoms with Gasteiger partial charge in [-0.05, 0) is 55.0 Å². The quantitative estimate of drug-likeness (QED) is 0.204. The van der Waals surface area contributed by atoms with Crippen LogP contribution in [0.5, 0.6) is 5.75 Å². The summed E-state index contributed by atoms with van der Waals surface area (Å²) in [6, 6.07) is 15.6. The van der Waals surface area contributed by atoms with Crippen molar-refractivity contribution in [1.82, 2.24) is 15.0 Å². The summed E-state index contributed by atoms with van der Waals surface area (Å²) in [6.45, 7) is -0.118. The largest absolute Gasteiger partial charge is 0.573 e. The fourth-order valence-electron chi connectivity index (χ4n) is 4.25. The van der Waals surface area contributed by atoms with Crippen LogP contribution in [0.25, 0.3) is 16.9 Å². The topological polar surface area (TPSA) is 111 Å². The maximum atomic E-state index is 12.8. The molecule has 3 amide bonds. The minimum atomic E-state index is -4.80. The molecule has 10 nitrogen and oxygen atoms in total. The number of rotatable bonds is 8. The smallest absolute Gasteiger partial charge is 0.406 e. The number of amidine groups is 1. The van der Waals surface area contributed by atoms with E-state index in [1.54, 1.807) is 55.6 Å². The van der Waals surface area contributed by atoms with Crippen molar-refractivity contribution in [3.63, 3.8) is 0 Å². The van der Waals surface area contributed by atoms with E-state index < -0.39 is 37.7 Å². The average molecular weight is 665 g/mol. The monoisotopic (exact) mass is 664 g/mol. The fourth-order valence-corrected chi connectivity index (χ4v) is 5.11. The lowest BCUT2D eigenvalue weighted by molar-refractivity contribution is -0.274. The van der Waals surface area contributed by atoms with Gasteiger partial charge in [-0.3, -0.25) is 9.69 Å². The highest BCUT2D eigenvalue weighted by Gasteiger charge is 2.33. The number of nitrogens with one attached hydrogen (secondary N) is 1. The Hall–Kier alpha value is -4.90. The number of anilines is 2. The molecule has 1 aromatic heterocycles. The van der Waals surface area contributed by atoms with Gasteiger partial charge in [0, 0.05) is 16.8 Å². The van der Waals surface area contributed by atoms with E-state index in [1.165, 1.54) is 21.7 Å². The number of aliphatic imine (C=N–C) groups is 1. The zero-order valence-electron chi connectivity index (χ0n) is 23.6. The first-order valence-corrected chi connectivity index (χ1v) is 14.2. The lowest BCUT2D eigenvalue weighted by Crippen LogP contribution is -2.31. The number of hydrogen-bond donors (Lipinski definition) is 1. The Morgan fingerprint density at radius 2 is 1.74 bits per heavy atom. The maximum Gasteiger partial charge on any atom is 0.573 e. The van der Waals surface area contributed by atoms with Gasteiger partial charge in [0.25, 0.3) is 0 Å². The molecule has 1 saturated heterocycles. The lowest BCUT2D eigenvalue weighted by Gasteiger charge is -2.20. The van der Waals surface area contributed by atoms with Crippen molar-refractivity contribution in [3.05, 3.63) is 84.1 Å². The second-order valence-electron chi connectivity index (χ2n) is 9.75. The number of alkyl halides is 6. The molecule has 0 bridgehead atoms. The maximum absolute atomic E-state index is 12.8. The molecular weight excluding hydrogens is 642 g/mol. The predicted octanol–water partition coefficient (Wildman–Crippen LogP) is 6.89. The van der Waals surface area contributed by atoms with Crippen LogP contribution in [-0.4, -0.2) is 57.0 Å². The predicted molar refractivity (Wildman–Crippen MR) is 157 cm³/mol. The Balaban J connectivity index is 1.26. The normalized spacial score (nSPS) is 14.6. The van der Waals surface area contributed by atoms with E-state index in [4.69, 9.17) is 4.74 Å². The standard InChI is InChI=1S/C29H22F6N6O4S/c1-17-2-3-19(14-44-16-28(30,31)32)24(12-17)41-25(42)15-46-27(41)37-26(43)36-20-6-4-18(5-7-20)23-13-40(39-38-23)21-8-10-22(11-9-21)45-29(33,34)35/h2-13H,14-16H2,1H3,(H,36,43)/b37-27-. The van der Waals surface area contributed by atoms with Gasteiger partial charge in [-0.15, -0.1) is 18.3 Å². The van der Waals surface area contributed by atoms with Gasteiger partial charge < -0.3 is 14.8 Å². The van der Waals surface area contributed by atoms with Crippen LogP contribution in [-0.2, 0) is 16.1 Å². The van der Waals surface area contributed by atoms with E-state index >= 15 is 0 Å². The molecule has 46 heavy (non-hydrogen) atoms. The van der Waals surface area contributed by atoms with E-state index in [2.05, 4.69) is 25.4 Å². The Morgan fingerprint density at radius 3 is 2.41 bits per heavy atom. The number of aromatic nitrogens is 3. The Kier molecular flexibility index (Phi) is 9.34. The Morgan fingerprint density at radius 1 is 1.02 bits per heavy atom. The molecule has 0 radical (unpaired) electrons. The van der Waals surface area contributed by atoms with Gasteiger partial charge in [0.2, 0.25) is 5.91 Å². The molecule has 0 aliphatic carbocycles.